The van der Waals surface area contributed by atoms with Crippen molar-refractivity contribution < 1.29 is 13.2 Å². The van der Waals surface area contributed by atoms with Gasteiger partial charge >= 0.3 is 6.18 Å². The quantitative estimate of drug-likeness (QED) is 0.867. The highest BCUT2D eigenvalue weighted by molar-refractivity contribution is 7.99. The molecule has 0 saturated carbocycles. The van der Waals surface area contributed by atoms with Crippen molar-refractivity contribution in [3.63, 3.8) is 0 Å². The second-order valence-corrected chi connectivity index (χ2v) is 5.08. The van der Waals surface area contributed by atoms with E-state index < -0.39 is 11.7 Å². The van der Waals surface area contributed by atoms with Crippen molar-refractivity contribution in [3.05, 3.63) is 17.7 Å². The fraction of sp³-hybridized carbons (Fsp3) is 0.545. The molecule has 0 bridgehead atoms. The van der Waals surface area contributed by atoms with Crippen LogP contribution >= 0.6 is 11.8 Å². The number of alkyl halides is 3. The molecule has 1 unspecified atom stereocenters. The molecule has 0 amide bonds. The molecule has 3 nitrogen and oxygen atoms in total. The Morgan fingerprint density at radius 1 is 1.33 bits per heavy atom. The Hall–Kier alpha value is -1.11. The zero-order chi connectivity index (χ0) is 13.8. The molecule has 1 heterocycles. The van der Waals surface area contributed by atoms with Gasteiger partial charge in [0.1, 0.15) is 11.6 Å². The molecule has 0 aliphatic rings. The van der Waals surface area contributed by atoms with E-state index in [0.29, 0.717) is 11.8 Å². The summed E-state index contributed by atoms with van der Waals surface area (Å²) in [5.41, 5.74) is -0.707. The largest absolute Gasteiger partial charge is 0.416 e. The molecule has 1 atom stereocenters. The Balaban J connectivity index is 2.91. The van der Waals surface area contributed by atoms with Gasteiger partial charge in [-0.3, -0.25) is 0 Å². The highest BCUT2D eigenvalue weighted by Crippen LogP contribution is 2.32. The monoisotopic (exact) mass is 279 g/mol. The molecule has 1 rings (SSSR count). The topological polar surface area (TPSA) is 37.0 Å². The summed E-state index contributed by atoms with van der Waals surface area (Å²) in [6.07, 6.45) is -2.42. The first kappa shape index (κ1) is 14.9. The predicted molar refractivity (Wildman–Crippen MR) is 70.3 cm³/mol. The molecular formula is C11H16F3N3S. The molecule has 0 saturated heterocycles. The van der Waals surface area contributed by atoms with Crippen molar-refractivity contribution in [1.29, 1.82) is 0 Å². The smallest absolute Gasteiger partial charge is 0.373 e. The summed E-state index contributed by atoms with van der Waals surface area (Å²) < 4.78 is 38.0. The van der Waals surface area contributed by atoms with Crippen molar-refractivity contribution in [3.8, 4) is 0 Å². The minimum absolute atomic E-state index is 0.198. The second kappa shape index (κ2) is 6.17. The third-order valence-corrected chi connectivity index (χ3v) is 3.35. The summed E-state index contributed by atoms with van der Waals surface area (Å²) in [5, 5.41) is 5.84. The Kier molecular flexibility index (Phi) is 5.13. The van der Waals surface area contributed by atoms with E-state index in [0.717, 1.165) is 12.1 Å². The van der Waals surface area contributed by atoms with Gasteiger partial charge in [-0.1, -0.05) is 6.92 Å². The van der Waals surface area contributed by atoms with Crippen molar-refractivity contribution in [2.45, 2.75) is 18.3 Å². The van der Waals surface area contributed by atoms with Crippen LogP contribution in [0.5, 0.6) is 0 Å². The number of halogens is 3. The summed E-state index contributed by atoms with van der Waals surface area (Å²) >= 11 is 1.64. The van der Waals surface area contributed by atoms with Crippen LogP contribution in [-0.2, 0) is 6.18 Å². The number of hydrogen-bond donors (Lipinski definition) is 2. The zero-order valence-electron chi connectivity index (χ0n) is 10.4. The average Bonchev–Trinajstić information content (AvgIpc) is 2.34. The van der Waals surface area contributed by atoms with E-state index in [9.17, 15) is 13.2 Å². The van der Waals surface area contributed by atoms with E-state index in [2.05, 4.69) is 15.6 Å². The van der Waals surface area contributed by atoms with Crippen LogP contribution in [0.25, 0.3) is 0 Å². The maximum Gasteiger partial charge on any atom is 0.416 e. The Bertz CT molecular complexity index is 396. The van der Waals surface area contributed by atoms with E-state index in [1.165, 1.54) is 7.05 Å². The van der Waals surface area contributed by atoms with E-state index in [-0.39, 0.29) is 11.6 Å². The third-order valence-electron chi connectivity index (χ3n) is 2.38. The number of nitrogens with zero attached hydrogens (tertiary/aromatic N) is 1. The number of aromatic nitrogens is 1. The molecule has 0 fully saturated rings. The summed E-state index contributed by atoms with van der Waals surface area (Å²) in [5.74, 6) is 0.430. The van der Waals surface area contributed by atoms with Crippen molar-refractivity contribution in [2.24, 2.45) is 0 Å². The van der Waals surface area contributed by atoms with Crippen LogP contribution in [-0.4, -0.2) is 30.1 Å². The fourth-order valence-corrected chi connectivity index (χ4v) is 1.49. The van der Waals surface area contributed by atoms with Crippen LogP contribution in [0.1, 0.15) is 12.5 Å². The van der Waals surface area contributed by atoms with E-state index >= 15 is 0 Å². The molecule has 0 spiro atoms. The maximum absolute atomic E-state index is 12.7. The standard InChI is InChI=1S/C11H16F3N3S/c1-7(18-3)6-16-10-5-8(11(12,13)14)4-9(15-2)17-10/h4-5,7H,6H2,1-3H3,(H2,15,16,17). The first-order valence-corrected chi connectivity index (χ1v) is 6.69. The summed E-state index contributed by atoms with van der Waals surface area (Å²) in [6, 6.07) is 2.01. The van der Waals surface area contributed by atoms with Gasteiger partial charge in [-0.05, 0) is 18.4 Å². The highest BCUT2D eigenvalue weighted by atomic mass is 32.2. The number of rotatable bonds is 5. The van der Waals surface area contributed by atoms with Crippen molar-refractivity contribution in [2.75, 3.05) is 30.5 Å². The van der Waals surface area contributed by atoms with Gasteiger partial charge in [0.2, 0.25) is 0 Å². The summed E-state index contributed by atoms with van der Waals surface area (Å²) in [7, 11) is 1.54. The highest BCUT2D eigenvalue weighted by Gasteiger charge is 2.31. The molecule has 18 heavy (non-hydrogen) atoms. The number of nitrogens with one attached hydrogen (secondary N) is 2. The van der Waals surface area contributed by atoms with Gasteiger partial charge in [0.15, 0.2) is 0 Å². The molecule has 2 N–H and O–H groups in total. The SMILES string of the molecule is CNc1cc(C(F)(F)F)cc(NCC(C)SC)n1. The first-order valence-electron chi connectivity index (χ1n) is 5.40. The first-order chi connectivity index (χ1) is 8.36. The van der Waals surface area contributed by atoms with Crippen LogP contribution in [0.15, 0.2) is 12.1 Å². The van der Waals surface area contributed by atoms with Gasteiger partial charge in [-0.15, -0.1) is 0 Å². The lowest BCUT2D eigenvalue weighted by atomic mass is 10.2. The predicted octanol–water partition coefficient (Wildman–Crippen LogP) is 3.31. The minimum atomic E-state index is -4.36. The van der Waals surface area contributed by atoms with Gasteiger partial charge in [-0.25, -0.2) is 4.98 Å². The Morgan fingerprint density at radius 3 is 2.44 bits per heavy atom. The van der Waals surface area contributed by atoms with Gasteiger partial charge in [-0.2, -0.15) is 24.9 Å². The van der Waals surface area contributed by atoms with Gasteiger partial charge in [0.05, 0.1) is 5.56 Å². The normalized spacial score (nSPS) is 13.2. The third kappa shape index (κ3) is 4.29. The van der Waals surface area contributed by atoms with E-state index in [4.69, 9.17) is 0 Å². The number of hydrogen-bond acceptors (Lipinski definition) is 4. The van der Waals surface area contributed by atoms with Crippen LogP contribution in [0.2, 0.25) is 0 Å². The van der Waals surface area contributed by atoms with Crippen LogP contribution in [0, 0.1) is 0 Å². The zero-order valence-corrected chi connectivity index (χ0v) is 11.2. The maximum atomic E-state index is 12.7. The molecule has 1 aromatic rings. The molecule has 0 aromatic carbocycles. The van der Waals surface area contributed by atoms with Crippen LogP contribution < -0.4 is 10.6 Å². The van der Waals surface area contributed by atoms with Crippen molar-refractivity contribution in [1.82, 2.24) is 4.98 Å². The van der Waals surface area contributed by atoms with E-state index in [1.54, 1.807) is 11.8 Å². The van der Waals surface area contributed by atoms with Crippen molar-refractivity contribution >= 4 is 23.4 Å². The molecule has 7 heteroatoms. The summed E-state index contributed by atoms with van der Waals surface area (Å²) in [6.45, 7) is 2.56. The molecule has 102 valence electrons. The average molecular weight is 279 g/mol. The molecular weight excluding hydrogens is 263 g/mol. The van der Waals surface area contributed by atoms with Crippen LogP contribution in [0.4, 0.5) is 24.8 Å². The number of thioether (sulfide) groups is 1. The lowest BCUT2D eigenvalue weighted by Gasteiger charge is -2.14. The van der Waals surface area contributed by atoms with Gasteiger partial charge in [0.25, 0.3) is 0 Å². The second-order valence-electron chi connectivity index (χ2n) is 3.80. The van der Waals surface area contributed by atoms with Gasteiger partial charge in [0, 0.05) is 18.8 Å². The Labute approximate surface area is 109 Å². The van der Waals surface area contributed by atoms with E-state index in [1.807, 2.05) is 13.2 Å². The molecule has 1 aromatic heterocycles. The molecule has 0 aliphatic heterocycles. The number of anilines is 2. The lowest BCUT2D eigenvalue weighted by molar-refractivity contribution is -0.137. The molecule has 0 radical (unpaired) electrons. The summed E-state index contributed by atoms with van der Waals surface area (Å²) in [4.78, 5) is 4.04. The fourth-order valence-electron chi connectivity index (χ4n) is 1.24. The van der Waals surface area contributed by atoms with Crippen LogP contribution in [0.3, 0.4) is 0 Å². The minimum Gasteiger partial charge on any atom is -0.373 e. The Morgan fingerprint density at radius 2 is 1.94 bits per heavy atom. The number of pyridine rings is 1. The molecule has 0 aliphatic carbocycles. The lowest BCUT2D eigenvalue weighted by Crippen LogP contribution is -2.15. The van der Waals surface area contributed by atoms with Gasteiger partial charge < -0.3 is 10.6 Å².